The quantitative estimate of drug-likeness (QED) is 0.732. The Balaban J connectivity index is 1.90. The molecule has 0 heterocycles. The molecule has 1 saturated carbocycles. The SMILES string of the molecule is CC(OC1CC(=O)C1)c1ccccc1. The minimum atomic E-state index is 0.0919. The van der Waals surface area contributed by atoms with Gasteiger partial charge in [-0.25, -0.2) is 0 Å². The number of hydrogen-bond donors (Lipinski definition) is 0. The van der Waals surface area contributed by atoms with E-state index in [2.05, 4.69) is 0 Å². The number of rotatable bonds is 3. The summed E-state index contributed by atoms with van der Waals surface area (Å²) in [6.07, 6.45) is 1.43. The largest absolute Gasteiger partial charge is 0.370 e. The van der Waals surface area contributed by atoms with Crippen molar-refractivity contribution in [3.63, 3.8) is 0 Å². The third kappa shape index (κ3) is 2.02. The molecule has 0 radical (unpaired) electrons. The van der Waals surface area contributed by atoms with Gasteiger partial charge in [0.1, 0.15) is 5.78 Å². The third-order valence-corrected chi connectivity index (χ3v) is 2.58. The molecule has 1 aromatic rings. The summed E-state index contributed by atoms with van der Waals surface area (Å²) >= 11 is 0. The lowest BCUT2D eigenvalue weighted by Crippen LogP contribution is -2.32. The molecule has 1 aromatic carbocycles. The van der Waals surface area contributed by atoms with Crippen LogP contribution < -0.4 is 0 Å². The van der Waals surface area contributed by atoms with E-state index < -0.39 is 0 Å². The van der Waals surface area contributed by atoms with Gasteiger partial charge in [-0.15, -0.1) is 0 Å². The summed E-state index contributed by atoms with van der Waals surface area (Å²) in [5.41, 5.74) is 1.17. The maximum Gasteiger partial charge on any atom is 0.138 e. The van der Waals surface area contributed by atoms with E-state index in [0.29, 0.717) is 18.6 Å². The van der Waals surface area contributed by atoms with Crippen LogP contribution in [-0.2, 0) is 9.53 Å². The predicted octanol–water partition coefficient (Wildman–Crippen LogP) is 2.50. The van der Waals surface area contributed by atoms with Crippen LogP contribution in [0.15, 0.2) is 30.3 Å². The molecular formula is C12H14O2. The lowest BCUT2D eigenvalue weighted by atomic mass is 9.94. The lowest BCUT2D eigenvalue weighted by Gasteiger charge is -2.27. The van der Waals surface area contributed by atoms with Crippen LogP contribution in [0.3, 0.4) is 0 Å². The Labute approximate surface area is 83.9 Å². The highest BCUT2D eigenvalue weighted by Gasteiger charge is 2.28. The van der Waals surface area contributed by atoms with Crippen molar-refractivity contribution in [2.75, 3.05) is 0 Å². The summed E-state index contributed by atoms with van der Waals surface area (Å²) in [5, 5.41) is 0. The summed E-state index contributed by atoms with van der Waals surface area (Å²) in [5.74, 6) is 0.315. The van der Waals surface area contributed by atoms with Crippen LogP contribution >= 0.6 is 0 Å². The highest BCUT2D eigenvalue weighted by Crippen LogP contribution is 2.26. The fourth-order valence-corrected chi connectivity index (χ4v) is 1.64. The lowest BCUT2D eigenvalue weighted by molar-refractivity contribution is -0.138. The molecule has 1 atom stereocenters. The molecule has 0 aliphatic heterocycles. The van der Waals surface area contributed by atoms with Crippen LogP contribution in [0, 0.1) is 0 Å². The summed E-state index contributed by atoms with van der Waals surface area (Å²) in [7, 11) is 0. The van der Waals surface area contributed by atoms with E-state index in [1.807, 2.05) is 37.3 Å². The smallest absolute Gasteiger partial charge is 0.138 e. The van der Waals surface area contributed by atoms with E-state index >= 15 is 0 Å². The molecule has 0 amide bonds. The molecule has 2 heteroatoms. The van der Waals surface area contributed by atoms with Crippen molar-refractivity contribution in [1.29, 1.82) is 0 Å². The first kappa shape index (κ1) is 9.41. The van der Waals surface area contributed by atoms with Gasteiger partial charge in [0.15, 0.2) is 0 Å². The van der Waals surface area contributed by atoms with Gasteiger partial charge in [-0.05, 0) is 12.5 Å². The number of benzene rings is 1. The van der Waals surface area contributed by atoms with Crippen LogP contribution in [0.1, 0.15) is 31.4 Å². The van der Waals surface area contributed by atoms with E-state index in [1.54, 1.807) is 0 Å². The second-order valence-electron chi connectivity index (χ2n) is 3.76. The molecule has 1 aliphatic rings. The molecule has 14 heavy (non-hydrogen) atoms. The van der Waals surface area contributed by atoms with E-state index in [1.165, 1.54) is 5.56 Å². The van der Waals surface area contributed by atoms with E-state index in [4.69, 9.17) is 4.74 Å². The zero-order chi connectivity index (χ0) is 9.97. The molecule has 0 aromatic heterocycles. The highest BCUT2D eigenvalue weighted by molar-refractivity contribution is 5.85. The molecule has 0 saturated heterocycles. The predicted molar refractivity (Wildman–Crippen MR) is 54.0 cm³/mol. The van der Waals surface area contributed by atoms with Crippen molar-refractivity contribution in [3.05, 3.63) is 35.9 Å². The number of ketones is 1. The maximum absolute atomic E-state index is 10.7. The van der Waals surface area contributed by atoms with Crippen molar-refractivity contribution >= 4 is 5.78 Å². The van der Waals surface area contributed by atoms with E-state index in [9.17, 15) is 4.79 Å². The molecule has 74 valence electrons. The van der Waals surface area contributed by atoms with Crippen molar-refractivity contribution < 1.29 is 9.53 Å². The normalized spacial score (nSPS) is 19.1. The zero-order valence-electron chi connectivity index (χ0n) is 8.27. The van der Waals surface area contributed by atoms with Crippen molar-refractivity contribution in [3.8, 4) is 0 Å². The van der Waals surface area contributed by atoms with Gasteiger partial charge in [0.05, 0.1) is 12.2 Å². The third-order valence-electron chi connectivity index (χ3n) is 2.58. The monoisotopic (exact) mass is 190 g/mol. The molecular weight excluding hydrogens is 176 g/mol. The molecule has 0 spiro atoms. The first-order chi connectivity index (χ1) is 6.75. The number of Topliss-reactive ketones (excluding diaryl/α,β-unsaturated/α-hetero) is 1. The van der Waals surface area contributed by atoms with Gasteiger partial charge >= 0.3 is 0 Å². The van der Waals surface area contributed by atoms with Crippen LogP contribution in [0.5, 0.6) is 0 Å². The van der Waals surface area contributed by atoms with E-state index in [0.717, 1.165) is 0 Å². The molecule has 0 N–H and O–H groups in total. The molecule has 2 nitrogen and oxygen atoms in total. The minimum absolute atomic E-state index is 0.0919. The summed E-state index contributed by atoms with van der Waals surface area (Å²) in [4.78, 5) is 10.7. The zero-order valence-corrected chi connectivity index (χ0v) is 8.27. The van der Waals surface area contributed by atoms with Gasteiger partial charge in [0.2, 0.25) is 0 Å². The number of hydrogen-bond acceptors (Lipinski definition) is 2. The average Bonchev–Trinajstić information content (AvgIpc) is 2.17. The summed E-state index contributed by atoms with van der Waals surface area (Å²) in [6.45, 7) is 2.03. The molecule has 2 rings (SSSR count). The fraction of sp³-hybridized carbons (Fsp3) is 0.417. The van der Waals surface area contributed by atoms with Gasteiger partial charge < -0.3 is 4.74 Å². The van der Waals surface area contributed by atoms with Crippen molar-refractivity contribution in [2.45, 2.75) is 32.0 Å². The Hall–Kier alpha value is -1.15. The second kappa shape index (κ2) is 3.93. The Bertz CT molecular complexity index is 310. The van der Waals surface area contributed by atoms with E-state index in [-0.39, 0.29) is 12.2 Å². The van der Waals surface area contributed by atoms with Gasteiger partial charge in [0.25, 0.3) is 0 Å². The van der Waals surface area contributed by atoms with Crippen LogP contribution in [0.25, 0.3) is 0 Å². The summed E-state index contributed by atoms with van der Waals surface area (Å²) < 4.78 is 5.72. The second-order valence-corrected chi connectivity index (χ2v) is 3.76. The Morgan fingerprint density at radius 2 is 1.93 bits per heavy atom. The summed E-state index contributed by atoms with van der Waals surface area (Å²) in [6, 6.07) is 10.1. The Kier molecular flexibility index (Phi) is 2.64. The van der Waals surface area contributed by atoms with Crippen molar-refractivity contribution in [2.24, 2.45) is 0 Å². The average molecular weight is 190 g/mol. The van der Waals surface area contributed by atoms with Crippen LogP contribution in [0.2, 0.25) is 0 Å². The number of ether oxygens (including phenoxy) is 1. The van der Waals surface area contributed by atoms with Gasteiger partial charge in [0, 0.05) is 12.8 Å². The fourth-order valence-electron chi connectivity index (χ4n) is 1.64. The van der Waals surface area contributed by atoms with Gasteiger partial charge in [-0.2, -0.15) is 0 Å². The molecule has 1 fully saturated rings. The maximum atomic E-state index is 10.7. The van der Waals surface area contributed by atoms with Crippen LogP contribution in [-0.4, -0.2) is 11.9 Å². The number of carbonyl (C=O) groups is 1. The molecule has 1 unspecified atom stereocenters. The van der Waals surface area contributed by atoms with Gasteiger partial charge in [-0.1, -0.05) is 30.3 Å². The molecule has 0 bridgehead atoms. The molecule has 1 aliphatic carbocycles. The Morgan fingerprint density at radius 3 is 2.50 bits per heavy atom. The first-order valence-electron chi connectivity index (χ1n) is 4.98. The van der Waals surface area contributed by atoms with Crippen molar-refractivity contribution in [1.82, 2.24) is 0 Å². The minimum Gasteiger partial charge on any atom is -0.370 e. The van der Waals surface area contributed by atoms with Crippen LogP contribution in [0.4, 0.5) is 0 Å². The van der Waals surface area contributed by atoms with Gasteiger partial charge in [-0.3, -0.25) is 4.79 Å². The first-order valence-corrected chi connectivity index (χ1v) is 4.98. The highest BCUT2D eigenvalue weighted by atomic mass is 16.5. The Morgan fingerprint density at radius 1 is 1.29 bits per heavy atom. The number of carbonyl (C=O) groups excluding carboxylic acids is 1. The topological polar surface area (TPSA) is 26.3 Å². The standard InChI is InChI=1S/C12H14O2/c1-9(10-5-3-2-4-6-10)14-12-7-11(13)8-12/h2-6,9,12H,7-8H2,1H3.